The van der Waals surface area contributed by atoms with Gasteiger partial charge in [-0.1, -0.05) is 296 Å². The number of carbonyl (C=O) groups excluding carboxylic acids is 2. The van der Waals surface area contributed by atoms with Crippen LogP contribution in [0.4, 0.5) is 34.1 Å². The van der Waals surface area contributed by atoms with Crippen LogP contribution in [0, 0.1) is 27.7 Å². The Bertz CT molecular complexity index is 9380. The molecule has 4 aliphatic rings. The smallest absolute Gasteiger partial charge is 0.251 e. The van der Waals surface area contributed by atoms with Gasteiger partial charge in [-0.15, -0.1) is 0 Å². The van der Waals surface area contributed by atoms with Gasteiger partial charge < -0.3 is 28.1 Å². The molecule has 16 heteroatoms. The average molecular weight is 1980 g/mol. The zero-order valence-electron chi connectivity index (χ0n) is 84.8. The molecule has 0 amide bonds. The van der Waals surface area contributed by atoms with E-state index in [1.165, 1.54) is 100 Å². The number of fused-ring (bicyclic) bond motifs is 16. The van der Waals surface area contributed by atoms with Crippen molar-refractivity contribution in [2.24, 2.45) is 0 Å². The Morgan fingerprint density at radius 2 is 0.772 bits per heavy atom. The van der Waals surface area contributed by atoms with Crippen LogP contribution >= 0.6 is 0 Å². The second-order valence-corrected chi connectivity index (χ2v) is 44.6. The molecule has 13 nitrogen and oxygen atoms in total. The monoisotopic (exact) mass is 1980 g/mol. The predicted octanol–water partition coefficient (Wildman–Crippen LogP) is 31.1. The van der Waals surface area contributed by atoms with Crippen LogP contribution in [0.15, 0.2) is 441 Å². The van der Waals surface area contributed by atoms with Crippen molar-refractivity contribution >= 4 is 154 Å². The van der Waals surface area contributed by atoms with Crippen molar-refractivity contribution in [3.63, 3.8) is 0 Å². The van der Waals surface area contributed by atoms with E-state index >= 15 is 0 Å². The van der Waals surface area contributed by atoms with Gasteiger partial charge in [0.15, 0.2) is 11.6 Å². The van der Waals surface area contributed by atoms with E-state index in [2.05, 4.69) is 290 Å². The molecule has 22 aromatic rings. The van der Waals surface area contributed by atoms with Gasteiger partial charge in [-0.3, -0.25) is 14.4 Å². The highest BCUT2D eigenvalue weighted by atomic mass is 32.2. The Hall–Kier alpha value is -17.0. The van der Waals surface area contributed by atoms with Crippen LogP contribution in [0.2, 0.25) is 0 Å². The van der Waals surface area contributed by atoms with Crippen molar-refractivity contribution < 1.29 is 35.6 Å². The minimum Gasteiger partial charge on any atom is -0.458 e. The average Bonchev–Trinajstić information content (AvgIpc) is 0.991. The summed E-state index contributed by atoms with van der Waals surface area (Å²) in [6.07, 6.45) is 0. The van der Waals surface area contributed by atoms with Crippen LogP contribution in [-0.2, 0) is 25.1 Å². The Kier molecular flexibility index (Phi) is 24.2. The maximum atomic E-state index is 13.3. The number of hydrogen-bond acceptors (Lipinski definition) is 11. The third-order valence-corrected chi connectivity index (χ3v) is 33.7. The molecule has 19 aromatic carbocycles. The van der Waals surface area contributed by atoms with Gasteiger partial charge in [0.1, 0.15) is 22.7 Å². The molecule has 7 heterocycles. The number of anilines is 6. The molecule has 0 fully saturated rings. The van der Waals surface area contributed by atoms with E-state index in [-0.39, 0.29) is 71.0 Å². The number of ether oxygens (including phenoxy) is 1. The van der Waals surface area contributed by atoms with Gasteiger partial charge in [0, 0.05) is 89.4 Å². The van der Waals surface area contributed by atoms with Crippen LogP contribution in [-0.4, -0.2) is 44.2 Å². The number of carbonyl (C=O) groups is 2. The number of sulfone groups is 2. The molecule has 26 rings (SSSR count). The summed E-state index contributed by atoms with van der Waals surface area (Å²) in [5.41, 5.74) is 34.6. The molecule has 0 unspecified atom stereocenters. The second-order valence-electron chi connectivity index (χ2n) is 40.8. The van der Waals surface area contributed by atoms with E-state index in [4.69, 9.17) is 9.15 Å². The highest BCUT2D eigenvalue weighted by Crippen LogP contribution is 2.53. The predicted molar refractivity (Wildman–Crippen MR) is 610 cm³/mol. The molecule has 3 aromatic heterocycles. The molecule has 0 aliphatic carbocycles. The number of ketones is 2. The standard InChI is InChI=1S/C43H46BNO.C31H19NO3S.C31H21NO3S.C28H21NO2/c1-24(2)31-21-33(25(3)4)41(34(22-31)26(5)6)44-37-13-11-12-14-39(37)46-40-23-32(15-16-38(40)44)45-42-29(9)17-27(7)19-35(42)36-20-28(8)18-30(10)43(36)45;33-31-24-11-5-7-13-29(24)36(34,35)30-17-15-21(19-26(30)31)20-14-16-28-25(18-20)23-10-4-6-12-27(23)32(28)22-8-2-1-3-9-22;33-31-27-13-7-8-14-29(27)36(34,35)30-20-17-23(21-28(30)31)22-15-18-26(19-16-22)32(24-9-3-1-4-10-24)25-11-5-2-6-12-25;1-28(2)21-10-4-6-12-23(21)29(24-13-7-5-11-22(24)28)18-15-16-26-20(17-18)27(30)19-9-3-8-14-25(19)31-26/h11-26H,1-10H3;1-19H;1-21H;3-17H,1-2H3. The van der Waals surface area contributed by atoms with E-state index in [1.807, 2.05) is 140 Å². The van der Waals surface area contributed by atoms with Gasteiger partial charge in [0.2, 0.25) is 25.1 Å². The minimum absolute atomic E-state index is 0.00221. The Morgan fingerprint density at radius 1 is 0.322 bits per heavy atom. The SMILES string of the molecule is CC1(C)c2ccccc2N(c2ccc3oc4ccccc4c(=O)c3c2)c2ccccc21.Cc1cc(C)c2c(c1)c1cc(C)cc(C)c1n2-c1ccc2c(c1)Oc1ccccc1B2c1c(C(C)C)cc(C(C)C)cc1C(C)C.O=C1c2ccccc2S(=O)(=O)c2ccc(-c3ccc(N(c4ccccc4)c4ccccc4)cc3)cc21.O=C1c2ccccc2S(=O)(=O)c2ccc(-c3ccc4c(c3)c3ccccc3n4-c3ccccc3)cc21. The number of para-hydroxylation sites is 8. The molecule has 0 spiro atoms. The van der Waals surface area contributed by atoms with E-state index in [9.17, 15) is 31.2 Å². The van der Waals surface area contributed by atoms with Gasteiger partial charge in [-0.2, -0.15) is 0 Å². The van der Waals surface area contributed by atoms with Gasteiger partial charge in [-0.25, -0.2) is 16.8 Å². The molecule has 0 radical (unpaired) electrons. The number of aromatic nitrogens is 2. The lowest BCUT2D eigenvalue weighted by Crippen LogP contribution is -2.57. The first-order valence-corrected chi connectivity index (χ1v) is 53.8. The fraction of sp³-hybridized carbons (Fsp3) is 0.120. The van der Waals surface area contributed by atoms with Crippen LogP contribution in [0.1, 0.15) is 155 Å². The number of hydrogen-bond donors (Lipinski definition) is 0. The topological polar surface area (TPSA) is 158 Å². The Labute approximate surface area is 868 Å². The molecule has 0 N–H and O–H groups in total. The van der Waals surface area contributed by atoms with Crippen molar-refractivity contribution in [2.45, 2.75) is 126 Å². The Balaban J connectivity index is 0.000000110. The fourth-order valence-electron chi connectivity index (χ4n) is 22.9. The van der Waals surface area contributed by atoms with Crippen molar-refractivity contribution in [1.82, 2.24) is 9.13 Å². The summed E-state index contributed by atoms with van der Waals surface area (Å²) >= 11 is 0. The van der Waals surface area contributed by atoms with Crippen molar-refractivity contribution in [1.29, 1.82) is 0 Å². The zero-order chi connectivity index (χ0) is 103. The summed E-state index contributed by atoms with van der Waals surface area (Å²) in [6, 6.07) is 136. The molecule has 0 saturated carbocycles. The zero-order valence-corrected chi connectivity index (χ0v) is 86.5. The van der Waals surface area contributed by atoms with Crippen molar-refractivity contribution in [3.05, 3.63) is 495 Å². The number of benzene rings is 19. The molecule has 728 valence electrons. The lowest BCUT2D eigenvalue weighted by Gasteiger charge is -2.42. The molecule has 0 saturated heterocycles. The normalized spacial score (nSPS) is 13.6. The molecule has 0 atom stereocenters. The lowest BCUT2D eigenvalue weighted by atomic mass is 9.34. The van der Waals surface area contributed by atoms with Crippen LogP contribution < -0.4 is 36.4 Å². The first-order valence-electron chi connectivity index (χ1n) is 50.8. The number of nitrogens with zero attached hydrogens (tertiary/aromatic N) is 4. The molecule has 4 aliphatic heterocycles. The first kappa shape index (κ1) is 95.5. The minimum atomic E-state index is -3.75. The van der Waals surface area contributed by atoms with Crippen LogP contribution in [0.25, 0.3) is 99.2 Å². The van der Waals surface area contributed by atoms with Gasteiger partial charge in [-0.05, 0) is 300 Å². The van der Waals surface area contributed by atoms with Crippen LogP contribution in [0.3, 0.4) is 0 Å². The summed E-state index contributed by atoms with van der Waals surface area (Å²) in [5, 5.41) is 6.05. The molecule has 0 bridgehead atoms. The molecular weight excluding hydrogens is 1870 g/mol. The summed E-state index contributed by atoms with van der Waals surface area (Å²) in [7, 11) is -7.49. The largest absolute Gasteiger partial charge is 0.458 e. The fourth-order valence-corrected chi connectivity index (χ4v) is 26.1. The van der Waals surface area contributed by atoms with E-state index in [0.717, 1.165) is 101 Å². The first-order chi connectivity index (χ1) is 72.1. The van der Waals surface area contributed by atoms with Crippen LogP contribution in [0.5, 0.6) is 11.5 Å². The van der Waals surface area contributed by atoms with Gasteiger partial charge in [0.05, 0.1) is 63.8 Å². The summed E-state index contributed by atoms with van der Waals surface area (Å²) in [4.78, 5) is 44.4. The van der Waals surface area contributed by atoms with Gasteiger partial charge >= 0.3 is 0 Å². The van der Waals surface area contributed by atoms with Crippen molar-refractivity contribution in [2.75, 3.05) is 9.80 Å². The Morgan fingerprint density at radius 3 is 1.35 bits per heavy atom. The lowest BCUT2D eigenvalue weighted by molar-refractivity contribution is 0.102. The van der Waals surface area contributed by atoms with E-state index in [0.29, 0.717) is 39.7 Å². The van der Waals surface area contributed by atoms with E-state index in [1.54, 1.807) is 72.8 Å². The quantitative estimate of drug-likeness (QED) is 0.0846. The maximum absolute atomic E-state index is 13.3. The van der Waals surface area contributed by atoms with Crippen molar-refractivity contribution in [3.8, 4) is 45.1 Å². The summed E-state index contributed by atoms with van der Waals surface area (Å²) < 4.78 is 70.2. The third-order valence-electron chi connectivity index (χ3n) is 29.9. The third kappa shape index (κ3) is 16.5. The van der Waals surface area contributed by atoms with E-state index < -0.39 is 19.7 Å². The number of rotatable bonds is 12. The maximum Gasteiger partial charge on any atom is 0.251 e. The number of aryl methyl sites for hydroxylation is 4. The second kappa shape index (κ2) is 37.8. The van der Waals surface area contributed by atoms with Gasteiger partial charge in [0.25, 0.3) is 6.71 Å². The highest BCUT2D eigenvalue weighted by Gasteiger charge is 2.42. The highest BCUT2D eigenvalue weighted by molar-refractivity contribution is 7.92. The molecule has 149 heavy (non-hydrogen) atoms. The molecular formula is C133H107BN4O9S2. The summed E-state index contributed by atoms with van der Waals surface area (Å²) in [6.45, 7) is 27.5. The summed E-state index contributed by atoms with van der Waals surface area (Å²) in [5.74, 6) is 2.65.